The van der Waals surface area contributed by atoms with Crippen LogP contribution in [0.2, 0.25) is 0 Å². The standard InChI is InChI=1S/C76H69F5N4O/c1-73(2,3)48-32-33-82-65(41-48)85-61-27-19-18-26-57(61)58-31-30-53(43-64(58)85)86-54-37-47(56-25-17-16-24-55(56)45-22-14-13-15-23-45)36-52(42-54)83-44-84(63-29-21-20-28-62(63)83)72-59(46-34-49(74(4,5)6)38-50(35-46)75(7,8)9)39-51(76(10,11)12)40-60(72)66-67(77)69(79)71(81)70(80)68(66)78/h13-43H,44H2,1-12H3. The number of aromatic nitrogens is 2. The maximum Gasteiger partial charge on any atom is 0.200 e. The third-order valence-electron chi connectivity index (χ3n) is 16.7. The van der Waals surface area contributed by atoms with Crippen LogP contribution in [0.3, 0.4) is 0 Å². The van der Waals surface area contributed by atoms with Crippen molar-refractivity contribution in [2.45, 2.75) is 105 Å². The van der Waals surface area contributed by atoms with E-state index in [9.17, 15) is 0 Å². The molecule has 2 aromatic heterocycles. The Bertz CT molecular complexity index is 4420. The van der Waals surface area contributed by atoms with Crippen molar-refractivity contribution in [3.05, 3.63) is 240 Å². The Kier molecular flexibility index (Phi) is 14.1. The highest BCUT2D eigenvalue weighted by Crippen LogP contribution is 2.54. The van der Waals surface area contributed by atoms with Crippen LogP contribution in [0, 0.1) is 29.1 Å². The SMILES string of the molecule is CC(C)(C)c1cc(-c2cc(C(C)(C)C)cc(-c3c(F)c(F)c(F)c(F)c3F)c2N2CN(c3cc(Oc4ccc5c6ccccc6n(-c6cc(C(C)(C)C)ccn6)c5c4)cc(-c4ccccc4-c4ccccc4)c3)c3ccccc32)cc(C(C)(C)C)c1. The topological polar surface area (TPSA) is 33.5 Å². The third-order valence-corrected chi connectivity index (χ3v) is 16.7. The number of benzene rings is 9. The summed E-state index contributed by atoms with van der Waals surface area (Å²) in [6.07, 6.45) is 1.86. The Balaban J connectivity index is 1.09. The average Bonchev–Trinajstić information content (AvgIpc) is 1.84. The first-order valence-electron chi connectivity index (χ1n) is 29.2. The number of fused-ring (bicyclic) bond motifs is 4. The lowest BCUT2D eigenvalue weighted by Crippen LogP contribution is -2.26. The zero-order valence-corrected chi connectivity index (χ0v) is 50.7. The second-order valence-corrected chi connectivity index (χ2v) is 26.8. The van der Waals surface area contributed by atoms with Crippen LogP contribution >= 0.6 is 0 Å². The second-order valence-electron chi connectivity index (χ2n) is 26.8. The Morgan fingerprint density at radius 1 is 0.384 bits per heavy atom. The number of anilines is 4. The Morgan fingerprint density at radius 3 is 1.55 bits per heavy atom. The zero-order chi connectivity index (χ0) is 60.9. The van der Waals surface area contributed by atoms with E-state index in [2.05, 4.69) is 157 Å². The summed E-state index contributed by atoms with van der Waals surface area (Å²) in [5, 5.41) is 2.11. The number of ether oxygens (including phenoxy) is 1. The molecule has 86 heavy (non-hydrogen) atoms. The first-order chi connectivity index (χ1) is 40.7. The summed E-state index contributed by atoms with van der Waals surface area (Å²) >= 11 is 0. The summed E-state index contributed by atoms with van der Waals surface area (Å²) in [7, 11) is 0. The van der Waals surface area contributed by atoms with Crippen molar-refractivity contribution < 1.29 is 26.7 Å². The van der Waals surface area contributed by atoms with E-state index in [-0.39, 0.29) is 34.2 Å². The molecule has 9 aromatic carbocycles. The molecule has 0 fully saturated rings. The van der Waals surface area contributed by atoms with Gasteiger partial charge in [-0.15, -0.1) is 0 Å². The molecule has 0 bridgehead atoms. The molecular formula is C76H69F5N4O. The van der Waals surface area contributed by atoms with Crippen molar-refractivity contribution in [2.75, 3.05) is 16.5 Å². The summed E-state index contributed by atoms with van der Waals surface area (Å²) in [6.45, 7) is 25.3. The van der Waals surface area contributed by atoms with Crippen LogP contribution in [0.4, 0.5) is 44.7 Å². The molecule has 434 valence electrons. The molecule has 11 aromatic rings. The Hall–Kier alpha value is -9.02. The fourth-order valence-corrected chi connectivity index (χ4v) is 11.8. The van der Waals surface area contributed by atoms with Gasteiger partial charge in [0.15, 0.2) is 23.3 Å². The number of rotatable bonds is 9. The van der Waals surface area contributed by atoms with E-state index in [1.807, 2.05) is 123 Å². The predicted molar refractivity (Wildman–Crippen MR) is 343 cm³/mol. The molecule has 0 spiro atoms. The van der Waals surface area contributed by atoms with Gasteiger partial charge in [-0.1, -0.05) is 186 Å². The van der Waals surface area contributed by atoms with Gasteiger partial charge in [-0.3, -0.25) is 4.57 Å². The highest BCUT2D eigenvalue weighted by atomic mass is 19.2. The van der Waals surface area contributed by atoms with Gasteiger partial charge >= 0.3 is 0 Å². The van der Waals surface area contributed by atoms with Gasteiger partial charge in [0, 0.05) is 45.9 Å². The molecule has 12 rings (SSSR count). The minimum Gasteiger partial charge on any atom is -0.457 e. The molecule has 0 aliphatic carbocycles. The van der Waals surface area contributed by atoms with Crippen LogP contribution in [-0.4, -0.2) is 16.2 Å². The van der Waals surface area contributed by atoms with Crippen molar-refractivity contribution in [1.29, 1.82) is 0 Å². The maximum absolute atomic E-state index is 16.9. The molecule has 0 amide bonds. The van der Waals surface area contributed by atoms with Crippen molar-refractivity contribution >= 4 is 44.6 Å². The molecule has 0 saturated carbocycles. The van der Waals surface area contributed by atoms with Gasteiger partial charge in [0.25, 0.3) is 0 Å². The van der Waals surface area contributed by atoms with Gasteiger partial charge in [0.2, 0.25) is 5.82 Å². The summed E-state index contributed by atoms with van der Waals surface area (Å²) < 4.78 is 90.0. The fraction of sp³-hybridized carbons (Fsp3) is 0.224. The third kappa shape index (κ3) is 10.4. The number of para-hydroxylation sites is 3. The van der Waals surface area contributed by atoms with Gasteiger partial charge in [-0.2, -0.15) is 0 Å². The second kappa shape index (κ2) is 21.2. The minimum atomic E-state index is -2.22. The minimum absolute atomic E-state index is 0.0462. The van der Waals surface area contributed by atoms with Crippen LogP contribution in [0.5, 0.6) is 11.5 Å². The fourth-order valence-electron chi connectivity index (χ4n) is 11.8. The monoisotopic (exact) mass is 1150 g/mol. The largest absolute Gasteiger partial charge is 0.457 e. The molecular weight excluding hydrogens is 1080 g/mol. The van der Waals surface area contributed by atoms with Crippen molar-refractivity contribution in [1.82, 2.24) is 9.55 Å². The van der Waals surface area contributed by atoms with Crippen molar-refractivity contribution in [3.8, 4) is 61.8 Å². The van der Waals surface area contributed by atoms with Crippen LogP contribution in [0.1, 0.15) is 105 Å². The molecule has 3 heterocycles. The Labute approximate surface area is 501 Å². The Morgan fingerprint density at radius 2 is 0.907 bits per heavy atom. The van der Waals surface area contributed by atoms with E-state index >= 15 is 22.0 Å². The average molecular weight is 1150 g/mol. The highest BCUT2D eigenvalue weighted by molar-refractivity contribution is 6.09. The van der Waals surface area contributed by atoms with Crippen LogP contribution < -0.4 is 14.5 Å². The van der Waals surface area contributed by atoms with Crippen molar-refractivity contribution in [3.63, 3.8) is 0 Å². The van der Waals surface area contributed by atoms with E-state index < -0.39 is 40.1 Å². The lowest BCUT2D eigenvalue weighted by Gasteiger charge is -2.32. The normalized spacial score (nSPS) is 13.1. The number of halogens is 5. The van der Waals surface area contributed by atoms with E-state index in [0.717, 1.165) is 77.8 Å². The van der Waals surface area contributed by atoms with Gasteiger partial charge in [-0.05, 0) is 138 Å². The van der Waals surface area contributed by atoms with Crippen LogP contribution in [0.15, 0.2) is 188 Å². The first-order valence-corrected chi connectivity index (χ1v) is 29.2. The van der Waals surface area contributed by atoms with Gasteiger partial charge in [0.1, 0.15) is 24.0 Å². The first kappa shape index (κ1) is 57.4. The highest BCUT2D eigenvalue weighted by Gasteiger charge is 2.37. The summed E-state index contributed by atoms with van der Waals surface area (Å²) in [6, 6.07) is 60.9. The molecule has 0 radical (unpaired) electrons. The van der Waals surface area contributed by atoms with E-state index in [0.29, 0.717) is 34.0 Å². The lowest BCUT2D eigenvalue weighted by atomic mass is 9.77. The van der Waals surface area contributed by atoms with Crippen LogP contribution in [0.25, 0.3) is 72.1 Å². The summed E-state index contributed by atoms with van der Waals surface area (Å²) in [5.41, 5.74) is 10.6. The van der Waals surface area contributed by atoms with E-state index in [4.69, 9.17) is 9.72 Å². The zero-order valence-electron chi connectivity index (χ0n) is 50.7. The molecule has 0 saturated heterocycles. The van der Waals surface area contributed by atoms with Crippen LogP contribution in [-0.2, 0) is 21.7 Å². The number of pyridine rings is 1. The van der Waals surface area contributed by atoms with E-state index in [1.165, 1.54) is 0 Å². The van der Waals surface area contributed by atoms with Gasteiger partial charge in [0.05, 0.1) is 33.7 Å². The van der Waals surface area contributed by atoms with E-state index in [1.54, 1.807) is 6.07 Å². The maximum atomic E-state index is 16.9. The number of nitrogens with zero attached hydrogens (tertiary/aromatic N) is 4. The number of hydrogen-bond acceptors (Lipinski definition) is 4. The molecule has 1 aliphatic heterocycles. The molecule has 0 N–H and O–H groups in total. The quantitative estimate of drug-likeness (QED) is 0.0819. The van der Waals surface area contributed by atoms with Gasteiger partial charge < -0.3 is 14.5 Å². The predicted octanol–water partition coefficient (Wildman–Crippen LogP) is 21.8. The summed E-state index contributed by atoms with van der Waals surface area (Å²) in [5.74, 6) is -8.20. The molecule has 0 atom stereocenters. The number of hydrogen-bond donors (Lipinski definition) is 0. The van der Waals surface area contributed by atoms with Gasteiger partial charge in [-0.25, -0.2) is 26.9 Å². The smallest absolute Gasteiger partial charge is 0.200 e. The molecule has 5 nitrogen and oxygen atoms in total. The summed E-state index contributed by atoms with van der Waals surface area (Å²) in [4.78, 5) is 8.99. The molecule has 10 heteroatoms. The molecule has 0 unspecified atom stereocenters. The van der Waals surface area contributed by atoms with Crippen molar-refractivity contribution in [2.24, 2.45) is 0 Å². The molecule has 1 aliphatic rings. The lowest BCUT2D eigenvalue weighted by molar-refractivity contribution is 0.381.